The van der Waals surface area contributed by atoms with E-state index in [4.69, 9.17) is 8.94 Å². The Kier molecular flexibility index (Phi) is 4.57. The summed E-state index contributed by atoms with van der Waals surface area (Å²) < 4.78 is 35.8. The number of aromatic nitrogens is 1. The van der Waals surface area contributed by atoms with Crippen molar-refractivity contribution in [1.82, 2.24) is 10.1 Å². The quantitative estimate of drug-likeness (QED) is 0.684. The smallest absolute Gasteiger partial charge is 0.276 e. The Hall–Kier alpha value is -2.87. The van der Waals surface area contributed by atoms with Crippen molar-refractivity contribution in [3.05, 3.63) is 60.5 Å². The zero-order chi connectivity index (χ0) is 18.9. The first-order valence-electron chi connectivity index (χ1n) is 8.64. The van der Waals surface area contributed by atoms with Crippen LogP contribution in [0.15, 0.2) is 68.6 Å². The molecule has 1 fully saturated rings. The minimum Gasteiger partial charge on any atom is -0.461 e. The summed E-state index contributed by atoms with van der Waals surface area (Å²) in [4.78, 5) is 14.6. The Bertz CT molecular complexity index is 1020. The number of likely N-dealkylation sites (tertiary alicyclic amines) is 1. The van der Waals surface area contributed by atoms with Gasteiger partial charge >= 0.3 is 0 Å². The van der Waals surface area contributed by atoms with Crippen LogP contribution in [0.4, 0.5) is 0 Å². The summed E-state index contributed by atoms with van der Waals surface area (Å²) in [5.74, 6) is 0.603. The highest BCUT2D eigenvalue weighted by atomic mass is 32.2. The van der Waals surface area contributed by atoms with E-state index in [0.29, 0.717) is 42.3 Å². The average Bonchev–Trinajstić information content (AvgIpc) is 3.40. The number of carbonyl (C=O) groups excluding carboxylic acids is 1. The van der Waals surface area contributed by atoms with E-state index in [1.807, 2.05) is 0 Å². The van der Waals surface area contributed by atoms with Gasteiger partial charge in [-0.25, -0.2) is 8.42 Å². The van der Waals surface area contributed by atoms with Crippen molar-refractivity contribution in [2.45, 2.75) is 23.0 Å². The molecule has 0 saturated carbocycles. The zero-order valence-electron chi connectivity index (χ0n) is 14.4. The van der Waals surface area contributed by atoms with Crippen LogP contribution in [-0.2, 0) is 9.84 Å². The fourth-order valence-corrected chi connectivity index (χ4v) is 5.00. The Morgan fingerprint density at radius 1 is 1.04 bits per heavy atom. The van der Waals surface area contributed by atoms with Gasteiger partial charge < -0.3 is 13.8 Å². The molecule has 0 unspecified atom stereocenters. The van der Waals surface area contributed by atoms with Crippen molar-refractivity contribution in [3.8, 4) is 11.5 Å². The maximum Gasteiger partial charge on any atom is 0.276 e. The zero-order valence-corrected chi connectivity index (χ0v) is 15.3. The first-order chi connectivity index (χ1) is 13.1. The molecule has 3 heterocycles. The van der Waals surface area contributed by atoms with Crippen LogP contribution in [-0.4, -0.2) is 42.7 Å². The van der Waals surface area contributed by atoms with Crippen molar-refractivity contribution >= 4 is 15.7 Å². The summed E-state index contributed by atoms with van der Waals surface area (Å²) in [6.07, 6.45) is 2.30. The molecule has 0 bridgehead atoms. The number of benzene rings is 1. The minimum atomic E-state index is -3.39. The Labute approximate surface area is 156 Å². The summed E-state index contributed by atoms with van der Waals surface area (Å²) in [6.45, 7) is 0.719. The van der Waals surface area contributed by atoms with Crippen molar-refractivity contribution < 1.29 is 22.2 Å². The molecule has 1 amide bonds. The lowest BCUT2D eigenvalue weighted by Crippen LogP contribution is -2.42. The van der Waals surface area contributed by atoms with Gasteiger partial charge in [-0.1, -0.05) is 23.4 Å². The normalized spacial score (nSPS) is 15.8. The van der Waals surface area contributed by atoms with E-state index in [0.717, 1.165) is 0 Å². The number of furan rings is 1. The second kappa shape index (κ2) is 7.03. The Morgan fingerprint density at radius 2 is 1.78 bits per heavy atom. The van der Waals surface area contributed by atoms with Crippen LogP contribution in [0.1, 0.15) is 23.3 Å². The van der Waals surface area contributed by atoms with Gasteiger partial charge in [0.15, 0.2) is 21.3 Å². The maximum atomic E-state index is 12.7. The SMILES string of the molecule is O=C(c1cc(-c2ccco2)on1)N1CCC(S(=O)(=O)c2ccccc2)CC1. The molecule has 140 valence electrons. The van der Waals surface area contributed by atoms with Gasteiger partial charge in [0, 0.05) is 19.2 Å². The van der Waals surface area contributed by atoms with Gasteiger partial charge in [0.2, 0.25) is 5.76 Å². The number of piperidine rings is 1. The fourth-order valence-electron chi connectivity index (χ4n) is 3.24. The van der Waals surface area contributed by atoms with Crippen LogP contribution < -0.4 is 0 Å². The molecule has 1 aromatic carbocycles. The number of amides is 1. The van der Waals surface area contributed by atoms with Gasteiger partial charge in [-0.15, -0.1) is 0 Å². The number of hydrogen-bond acceptors (Lipinski definition) is 6. The first-order valence-corrected chi connectivity index (χ1v) is 10.2. The van der Waals surface area contributed by atoms with Crippen LogP contribution in [0.3, 0.4) is 0 Å². The van der Waals surface area contributed by atoms with Crippen LogP contribution in [0, 0.1) is 0 Å². The summed E-state index contributed by atoms with van der Waals surface area (Å²) in [7, 11) is -3.39. The van der Waals surface area contributed by atoms with E-state index < -0.39 is 15.1 Å². The van der Waals surface area contributed by atoms with Crippen LogP contribution in [0.5, 0.6) is 0 Å². The van der Waals surface area contributed by atoms with Gasteiger partial charge in [-0.05, 0) is 37.1 Å². The summed E-state index contributed by atoms with van der Waals surface area (Å²) in [5, 5.41) is 3.33. The minimum absolute atomic E-state index is 0.186. The van der Waals surface area contributed by atoms with E-state index in [2.05, 4.69) is 5.16 Å². The molecule has 0 radical (unpaired) electrons. The van der Waals surface area contributed by atoms with Crippen molar-refractivity contribution in [2.75, 3.05) is 13.1 Å². The highest BCUT2D eigenvalue weighted by molar-refractivity contribution is 7.92. The van der Waals surface area contributed by atoms with E-state index in [1.54, 1.807) is 47.4 Å². The lowest BCUT2D eigenvalue weighted by molar-refractivity contribution is 0.0715. The van der Waals surface area contributed by atoms with Crippen LogP contribution >= 0.6 is 0 Å². The molecule has 2 aromatic heterocycles. The second-order valence-electron chi connectivity index (χ2n) is 6.40. The molecule has 7 nitrogen and oxygen atoms in total. The molecule has 0 aliphatic carbocycles. The van der Waals surface area contributed by atoms with E-state index >= 15 is 0 Å². The Morgan fingerprint density at radius 3 is 2.44 bits per heavy atom. The van der Waals surface area contributed by atoms with Crippen LogP contribution in [0.2, 0.25) is 0 Å². The topological polar surface area (TPSA) is 93.6 Å². The van der Waals surface area contributed by atoms with Crippen molar-refractivity contribution in [3.63, 3.8) is 0 Å². The largest absolute Gasteiger partial charge is 0.461 e. The third kappa shape index (κ3) is 3.40. The van der Waals surface area contributed by atoms with Gasteiger partial charge in [-0.3, -0.25) is 4.79 Å². The van der Waals surface area contributed by atoms with Crippen molar-refractivity contribution in [2.24, 2.45) is 0 Å². The molecule has 1 saturated heterocycles. The monoisotopic (exact) mass is 386 g/mol. The molecule has 0 atom stereocenters. The molecule has 0 spiro atoms. The van der Waals surface area contributed by atoms with E-state index in [1.165, 1.54) is 12.3 Å². The molecule has 3 aromatic rings. The Balaban J connectivity index is 1.43. The summed E-state index contributed by atoms with van der Waals surface area (Å²) in [6, 6.07) is 13.4. The molecule has 4 rings (SSSR count). The fraction of sp³-hybridized carbons (Fsp3) is 0.263. The molecule has 0 N–H and O–H groups in total. The third-order valence-corrected chi connectivity index (χ3v) is 7.01. The third-order valence-electron chi connectivity index (χ3n) is 4.73. The molecule has 8 heteroatoms. The molecule has 1 aliphatic heterocycles. The van der Waals surface area contributed by atoms with Crippen molar-refractivity contribution in [1.29, 1.82) is 0 Å². The van der Waals surface area contributed by atoms with Gasteiger partial charge in [0.05, 0.1) is 16.4 Å². The van der Waals surface area contributed by atoms with E-state index in [9.17, 15) is 13.2 Å². The van der Waals surface area contributed by atoms with Crippen LogP contribution in [0.25, 0.3) is 11.5 Å². The number of nitrogens with zero attached hydrogens (tertiary/aromatic N) is 2. The van der Waals surface area contributed by atoms with Gasteiger partial charge in [-0.2, -0.15) is 0 Å². The van der Waals surface area contributed by atoms with Gasteiger partial charge in [0.1, 0.15) is 0 Å². The number of rotatable bonds is 4. The molecular weight excluding hydrogens is 368 g/mol. The summed E-state index contributed by atoms with van der Waals surface area (Å²) in [5.41, 5.74) is 0.186. The molecular formula is C19H18N2O5S. The standard InChI is InChI=1S/C19H18N2O5S/c22-19(16-13-18(26-20-16)17-7-4-12-25-17)21-10-8-15(9-11-21)27(23,24)14-5-2-1-3-6-14/h1-7,12-13,15H,8-11H2. The first kappa shape index (κ1) is 17.5. The predicted molar refractivity (Wildman–Crippen MR) is 96.8 cm³/mol. The number of carbonyl (C=O) groups is 1. The molecule has 27 heavy (non-hydrogen) atoms. The predicted octanol–water partition coefficient (Wildman–Crippen LogP) is 3.01. The van der Waals surface area contributed by atoms with Gasteiger partial charge in [0.25, 0.3) is 5.91 Å². The number of hydrogen-bond donors (Lipinski definition) is 0. The average molecular weight is 386 g/mol. The second-order valence-corrected chi connectivity index (χ2v) is 8.63. The highest BCUT2D eigenvalue weighted by Crippen LogP contribution is 2.26. The lowest BCUT2D eigenvalue weighted by Gasteiger charge is -2.31. The summed E-state index contributed by atoms with van der Waals surface area (Å²) >= 11 is 0. The highest BCUT2D eigenvalue weighted by Gasteiger charge is 2.33. The van der Waals surface area contributed by atoms with E-state index in [-0.39, 0.29) is 11.6 Å². The number of sulfone groups is 1. The molecule has 1 aliphatic rings. The maximum absolute atomic E-state index is 12.7. The lowest BCUT2D eigenvalue weighted by atomic mass is 10.1.